The monoisotopic (exact) mass is 353 g/mol. The van der Waals surface area contributed by atoms with E-state index in [1.807, 2.05) is 0 Å². The number of benzene rings is 1. The minimum absolute atomic E-state index is 0.209. The lowest BCUT2D eigenvalue weighted by Crippen LogP contribution is -2.34. The van der Waals surface area contributed by atoms with Gasteiger partial charge in [-0.1, -0.05) is 30.3 Å². The number of H-pyrrole nitrogens is 1. The third kappa shape index (κ3) is 3.36. The Kier molecular flexibility index (Phi) is 4.61. The largest absolute Gasteiger partial charge is 0.479 e. The molecule has 0 saturated heterocycles. The Morgan fingerprint density at radius 2 is 1.92 bits per heavy atom. The molecule has 2 aromatic heterocycles. The molecule has 3 rings (SSSR count). The van der Waals surface area contributed by atoms with Crippen LogP contribution in [0.3, 0.4) is 0 Å². The lowest BCUT2D eigenvalue weighted by molar-refractivity contribution is -0.139. The molecule has 0 fully saturated rings. The standard InChI is InChI=1S/C17H15N5O4/c1-10-12(9-18-22(10)13-7-8-14(23)21-20-13)16(24)19-15(17(25)26)11-5-3-2-4-6-11/h2-9,15H,1H3,(H,19,24)(H,21,23)(H,25,26)/t15-/m0/s1. The van der Waals surface area contributed by atoms with Gasteiger partial charge >= 0.3 is 5.97 Å². The van der Waals surface area contributed by atoms with E-state index in [0.29, 0.717) is 17.1 Å². The molecular weight excluding hydrogens is 338 g/mol. The number of aromatic nitrogens is 4. The molecule has 26 heavy (non-hydrogen) atoms. The van der Waals surface area contributed by atoms with Gasteiger partial charge < -0.3 is 10.4 Å². The van der Waals surface area contributed by atoms with Gasteiger partial charge in [0.05, 0.1) is 17.5 Å². The number of hydrogen-bond acceptors (Lipinski definition) is 5. The molecule has 3 N–H and O–H groups in total. The summed E-state index contributed by atoms with van der Waals surface area (Å²) in [5, 5.41) is 22.1. The van der Waals surface area contributed by atoms with Crippen LogP contribution in [0.15, 0.2) is 53.5 Å². The van der Waals surface area contributed by atoms with Gasteiger partial charge in [-0.25, -0.2) is 14.6 Å². The molecule has 0 aliphatic rings. The van der Waals surface area contributed by atoms with Crippen molar-refractivity contribution < 1.29 is 14.7 Å². The van der Waals surface area contributed by atoms with Crippen molar-refractivity contribution in [1.82, 2.24) is 25.3 Å². The molecule has 1 atom stereocenters. The molecule has 0 radical (unpaired) electrons. The normalized spacial score (nSPS) is 11.7. The first kappa shape index (κ1) is 17.1. The number of nitrogens with one attached hydrogen (secondary N) is 2. The molecule has 9 nitrogen and oxygen atoms in total. The summed E-state index contributed by atoms with van der Waals surface area (Å²) in [6, 6.07) is 9.97. The molecule has 0 aliphatic carbocycles. The lowest BCUT2D eigenvalue weighted by atomic mass is 10.1. The number of aromatic amines is 1. The van der Waals surface area contributed by atoms with Crippen molar-refractivity contribution in [2.24, 2.45) is 0 Å². The molecule has 0 spiro atoms. The molecule has 0 saturated carbocycles. The SMILES string of the molecule is Cc1c(C(=O)N[C@H](C(=O)O)c2ccccc2)cnn1-c1ccc(=O)[nH]n1. The number of amides is 1. The maximum atomic E-state index is 12.5. The van der Waals surface area contributed by atoms with Crippen LogP contribution >= 0.6 is 0 Å². The highest BCUT2D eigenvalue weighted by Crippen LogP contribution is 2.16. The average molecular weight is 353 g/mol. The molecule has 9 heteroatoms. The van der Waals surface area contributed by atoms with Crippen molar-refractivity contribution in [2.75, 3.05) is 0 Å². The zero-order valence-corrected chi connectivity index (χ0v) is 13.7. The van der Waals surface area contributed by atoms with E-state index in [1.54, 1.807) is 37.3 Å². The van der Waals surface area contributed by atoms with Crippen molar-refractivity contribution >= 4 is 11.9 Å². The second-order valence-corrected chi connectivity index (χ2v) is 5.49. The van der Waals surface area contributed by atoms with E-state index in [2.05, 4.69) is 20.6 Å². The molecule has 3 aromatic rings. The van der Waals surface area contributed by atoms with Gasteiger partial charge in [-0.15, -0.1) is 0 Å². The number of carbonyl (C=O) groups excluding carboxylic acids is 1. The highest BCUT2D eigenvalue weighted by molar-refractivity contribution is 5.97. The van der Waals surface area contributed by atoms with Crippen molar-refractivity contribution in [2.45, 2.75) is 13.0 Å². The van der Waals surface area contributed by atoms with Crippen molar-refractivity contribution in [3.05, 3.63) is 75.8 Å². The summed E-state index contributed by atoms with van der Waals surface area (Å²) >= 11 is 0. The van der Waals surface area contributed by atoms with Gasteiger partial charge in [-0.05, 0) is 18.6 Å². The van der Waals surface area contributed by atoms with E-state index in [-0.39, 0.29) is 11.1 Å². The van der Waals surface area contributed by atoms with Crippen LogP contribution in [0.5, 0.6) is 0 Å². The van der Waals surface area contributed by atoms with E-state index in [1.165, 1.54) is 23.0 Å². The van der Waals surface area contributed by atoms with Crippen LogP contribution in [0, 0.1) is 6.92 Å². The van der Waals surface area contributed by atoms with Crippen molar-refractivity contribution in [1.29, 1.82) is 0 Å². The van der Waals surface area contributed by atoms with Gasteiger partial charge in [-0.3, -0.25) is 9.59 Å². The molecule has 132 valence electrons. The second-order valence-electron chi connectivity index (χ2n) is 5.49. The van der Waals surface area contributed by atoms with Gasteiger partial charge in [0.1, 0.15) is 0 Å². The number of carbonyl (C=O) groups is 2. The summed E-state index contributed by atoms with van der Waals surface area (Å²) in [5.41, 5.74) is 0.767. The fourth-order valence-corrected chi connectivity index (χ4v) is 2.46. The average Bonchev–Trinajstić information content (AvgIpc) is 3.02. The minimum Gasteiger partial charge on any atom is -0.479 e. The topological polar surface area (TPSA) is 130 Å². The van der Waals surface area contributed by atoms with Crippen molar-refractivity contribution in [3.63, 3.8) is 0 Å². The number of carboxylic acid groups (broad SMARTS) is 1. The Bertz CT molecular complexity index is 989. The molecule has 2 heterocycles. The Morgan fingerprint density at radius 1 is 1.19 bits per heavy atom. The van der Waals surface area contributed by atoms with Gasteiger partial charge in [0, 0.05) is 6.07 Å². The first-order valence-electron chi connectivity index (χ1n) is 7.66. The van der Waals surface area contributed by atoms with Gasteiger partial charge in [0.2, 0.25) is 0 Å². The minimum atomic E-state index is -1.18. The van der Waals surface area contributed by atoms with Crippen LogP contribution < -0.4 is 10.9 Å². The second kappa shape index (κ2) is 7.01. The number of carboxylic acids is 1. The molecule has 0 unspecified atom stereocenters. The predicted molar refractivity (Wildman–Crippen MR) is 91.0 cm³/mol. The predicted octanol–water partition coefficient (Wildman–Crippen LogP) is 0.820. The third-order valence-electron chi connectivity index (χ3n) is 3.79. The Hall–Kier alpha value is -3.75. The summed E-state index contributed by atoms with van der Waals surface area (Å²) in [6.07, 6.45) is 1.32. The Labute approximate surface area is 147 Å². The molecule has 0 aliphatic heterocycles. The summed E-state index contributed by atoms with van der Waals surface area (Å²) in [7, 11) is 0. The van der Waals surface area contributed by atoms with E-state index in [0.717, 1.165) is 0 Å². The van der Waals surface area contributed by atoms with Crippen LogP contribution in [0.2, 0.25) is 0 Å². The van der Waals surface area contributed by atoms with E-state index in [9.17, 15) is 19.5 Å². The molecule has 1 aromatic carbocycles. The Balaban J connectivity index is 1.87. The van der Waals surface area contributed by atoms with Crippen molar-refractivity contribution in [3.8, 4) is 5.82 Å². The summed E-state index contributed by atoms with van der Waals surface area (Å²) in [6.45, 7) is 1.65. The third-order valence-corrected chi connectivity index (χ3v) is 3.79. The van der Waals surface area contributed by atoms with Crippen LogP contribution in [0.4, 0.5) is 0 Å². The zero-order valence-electron chi connectivity index (χ0n) is 13.7. The highest BCUT2D eigenvalue weighted by Gasteiger charge is 2.24. The van der Waals surface area contributed by atoms with Crippen LogP contribution in [0.25, 0.3) is 5.82 Å². The number of hydrogen-bond donors (Lipinski definition) is 3. The zero-order chi connectivity index (χ0) is 18.7. The van der Waals surface area contributed by atoms with E-state index < -0.39 is 17.9 Å². The fraction of sp³-hybridized carbons (Fsp3) is 0.118. The van der Waals surface area contributed by atoms with Gasteiger partial charge in [0.15, 0.2) is 11.9 Å². The highest BCUT2D eigenvalue weighted by atomic mass is 16.4. The first-order valence-corrected chi connectivity index (χ1v) is 7.66. The van der Waals surface area contributed by atoms with E-state index in [4.69, 9.17) is 0 Å². The lowest BCUT2D eigenvalue weighted by Gasteiger charge is -2.14. The summed E-state index contributed by atoms with van der Waals surface area (Å²) in [4.78, 5) is 35.2. The van der Waals surface area contributed by atoms with Gasteiger partial charge in [-0.2, -0.15) is 10.2 Å². The quantitative estimate of drug-likeness (QED) is 0.622. The van der Waals surface area contributed by atoms with E-state index >= 15 is 0 Å². The smallest absolute Gasteiger partial charge is 0.330 e. The van der Waals surface area contributed by atoms with Crippen LogP contribution in [0.1, 0.15) is 27.7 Å². The summed E-state index contributed by atoms with van der Waals surface area (Å²) < 4.78 is 1.38. The number of aliphatic carboxylic acids is 1. The first-order chi connectivity index (χ1) is 12.5. The van der Waals surface area contributed by atoms with Crippen LogP contribution in [-0.4, -0.2) is 37.0 Å². The Morgan fingerprint density at radius 3 is 2.54 bits per heavy atom. The molecule has 1 amide bonds. The van der Waals surface area contributed by atoms with Gasteiger partial charge in [0.25, 0.3) is 11.5 Å². The molecule has 0 bridgehead atoms. The number of nitrogens with zero attached hydrogens (tertiary/aromatic N) is 3. The number of rotatable bonds is 5. The fourth-order valence-electron chi connectivity index (χ4n) is 2.46. The maximum Gasteiger partial charge on any atom is 0.330 e. The maximum absolute atomic E-state index is 12.5. The molecular formula is C17H15N5O4. The van der Waals surface area contributed by atoms with Crippen LogP contribution in [-0.2, 0) is 4.79 Å². The summed E-state index contributed by atoms with van der Waals surface area (Å²) in [5.74, 6) is -1.41.